The van der Waals surface area contributed by atoms with E-state index in [9.17, 15) is 14.4 Å². The van der Waals surface area contributed by atoms with Gasteiger partial charge in [-0.2, -0.15) is 4.98 Å². The highest BCUT2D eigenvalue weighted by Crippen LogP contribution is 2.22. The van der Waals surface area contributed by atoms with Crippen LogP contribution in [0.1, 0.15) is 54.1 Å². The molecule has 0 amide bonds. The highest BCUT2D eigenvalue weighted by atomic mass is 16.5. The fraction of sp³-hybridized carbons (Fsp3) is 0.450. The molecule has 30 heavy (non-hydrogen) atoms. The van der Waals surface area contributed by atoms with Crippen molar-refractivity contribution in [2.24, 2.45) is 0 Å². The van der Waals surface area contributed by atoms with Crippen molar-refractivity contribution in [3.63, 3.8) is 0 Å². The lowest BCUT2D eigenvalue weighted by Crippen LogP contribution is -2.42. The van der Waals surface area contributed by atoms with E-state index in [2.05, 4.69) is 14.9 Å². The minimum atomic E-state index is -0.633. The Bertz CT molecular complexity index is 1200. The van der Waals surface area contributed by atoms with Gasteiger partial charge in [0.05, 0.1) is 13.7 Å². The fourth-order valence-corrected chi connectivity index (χ4v) is 3.66. The van der Waals surface area contributed by atoms with Gasteiger partial charge >= 0.3 is 11.7 Å². The maximum absolute atomic E-state index is 13.4. The number of hydrogen-bond donors (Lipinski definition) is 0. The first kappa shape index (κ1) is 19.9. The van der Waals surface area contributed by atoms with E-state index in [4.69, 9.17) is 8.94 Å². The lowest BCUT2D eigenvalue weighted by molar-refractivity contribution is 0.0563. The average molecular weight is 414 g/mol. The Labute approximate surface area is 171 Å². The third kappa shape index (κ3) is 3.49. The van der Waals surface area contributed by atoms with Gasteiger partial charge in [-0.1, -0.05) is 18.5 Å². The van der Waals surface area contributed by atoms with Crippen molar-refractivity contribution in [2.75, 3.05) is 7.11 Å². The summed E-state index contributed by atoms with van der Waals surface area (Å²) in [4.78, 5) is 42.5. The second-order valence-electron chi connectivity index (χ2n) is 7.08. The van der Waals surface area contributed by atoms with Gasteiger partial charge in [-0.05, 0) is 31.4 Å². The van der Waals surface area contributed by atoms with Crippen LogP contribution in [0.2, 0.25) is 0 Å². The molecular weight excluding hydrogens is 392 g/mol. The molecule has 0 unspecified atom stereocenters. The monoisotopic (exact) mass is 414 g/mol. The number of carbonyl (C=O) groups is 1. The van der Waals surface area contributed by atoms with E-state index in [0.29, 0.717) is 31.0 Å². The number of aryl methyl sites for hydroxylation is 1. The summed E-state index contributed by atoms with van der Waals surface area (Å²) in [5.41, 5.74) is -0.0138. The lowest BCUT2D eigenvalue weighted by Gasteiger charge is -2.15. The molecule has 1 aliphatic rings. The predicted molar refractivity (Wildman–Crippen MR) is 104 cm³/mol. The van der Waals surface area contributed by atoms with E-state index in [0.717, 1.165) is 23.8 Å². The molecular formula is C20H22N4O6. The van der Waals surface area contributed by atoms with Gasteiger partial charge in [0.1, 0.15) is 11.3 Å². The molecule has 0 bridgehead atoms. The molecule has 3 aromatic heterocycles. The zero-order valence-corrected chi connectivity index (χ0v) is 16.8. The molecule has 10 nitrogen and oxygen atoms in total. The Kier molecular flexibility index (Phi) is 5.39. The van der Waals surface area contributed by atoms with Crippen LogP contribution >= 0.6 is 0 Å². The van der Waals surface area contributed by atoms with Gasteiger partial charge in [0.15, 0.2) is 0 Å². The molecule has 0 aromatic carbocycles. The normalized spacial score (nSPS) is 13.7. The maximum atomic E-state index is 13.4. The number of furan rings is 1. The average Bonchev–Trinajstić information content (AvgIpc) is 3.35. The molecule has 4 rings (SSSR count). The van der Waals surface area contributed by atoms with Crippen LogP contribution in [0.25, 0.3) is 11.4 Å². The minimum absolute atomic E-state index is 0.00129. The van der Waals surface area contributed by atoms with E-state index < -0.39 is 17.2 Å². The Morgan fingerprint density at radius 2 is 2.07 bits per heavy atom. The third-order valence-corrected chi connectivity index (χ3v) is 5.19. The summed E-state index contributed by atoms with van der Waals surface area (Å²) in [5.74, 6) is 0.263. The summed E-state index contributed by atoms with van der Waals surface area (Å²) in [5, 5.41) is 3.97. The molecule has 3 aromatic rings. The van der Waals surface area contributed by atoms with Crippen LogP contribution in [0.4, 0.5) is 0 Å². The second-order valence-corrected chi connectivity index (χ2v) is 7.08. The van der Waals surface area contributed by atoms with Crippen molar-refractivity contribution < 1.29 is 18.5 Å². The number of fused-ring (bicyclic) bond motifs is 1. The summed E-state index contributed by atoms with van der Waals surface area (Å²) in [6.07, 6.45) is 3.80. The first-order valence-corrected chi connectivity index (χ1v) is 9.90. The van der Waals surface area contributed by atoms with Crippen molar-refractivity contribution in [1.82, 2.24) is 19.3 Å². The summed E-state index contributed by atoms with van der Waals surface area (Å²) >= 11 is 0. The Hall–Kier alpha value is -3.43. The standard InChI is InChI=1S/C20H22N4O6/c1-3-15-21-17(22-30-15)16-13-7-5-4-6-10-23(13)20(27)24(18(16)25)11-12-8-9-14(29-12)19(26)28-2/h8-9H,3-7,10-11H2,1-2H3. The SMILES string of the molecule is CCc1nc(-c2c3n(c(=O)n(Cc4ccc(C(=O)OC)o4)c2=O)CCCCC3)no1. The van der Waals surface area contributed by atoms with Gasteiger partial charge in [-0.25, -0.2) is 9.59 Å². The molecule has 0 fully saturated rings. The van der Waals surface area contributed by atoms with Crippen LogP contribution in [0.5, 0.6) is 0 Å². The fourth-order valence-electron chi connectivity index (χ4n) is 3.66. The quantitative estimate of drug-likeness (QED) is 0.579. The number of carbonyl (C=O) groups excluding carboxylic acids is 1. The molecule has 0 saturated heterocycles. The van der Waals surface area contributed by atoms with Gasteiger partial charge in [0, 0.05) is 18.7 Å². The topological polar surface area (TPSA) is 122 Å². The van der Waals surface area contributed by atoms with Crippen LogP contribution in [0.3, 0.4) is 0 Å². The molecule has 0 N–H and O–H groups in total. The van der Waals surface area contributed by atoms with Crippen molar-refractivity contribution in [3.05, 3.63) is 56.1 Å². The van der Waals surface area contributed by atoms with Crippen LogP contribution < -0.4 is 11.2 Å². The van der Waals surface area contributed by atoms with E-state index >= 15 is 0 Å². The molecule has 0 atom stereocenters. The lowest BCUT2D eigenvalue weighted by atomic mass is 10.1. The molecule has 0 saturated carbocycles. The number of esters is 1. The maximum Gasteiger partial charge on any atom is 0.373 e. The Morgan fingerprint density at radius 1 is 1.23 bits per heavy atom. The predicted octanol–water partition coefficient (Wildman–Crippen LogP) is 1.78. The number of methoxy groups -OCH3 is 1. The summed E-state index contributed by atoms with van der Waals surface area (Å²) < 4.78 is 18.0. The van der Waals surface area contributed by atoms with Gasteiger partial charge in [-0.15, -0.1) is 0 Å². The molecule has 0 aliphatic carbocycles. The summed E-state index contributed by atoms with van der Waals surface area (Å²) in [7, 11) is 1.25. The molecule has 0 spiro atoms. The van der Waals surface area contributed by atoms with E-state index in [1.165, 1.54) is 19.2 Å². The molecule has 4 heterocycles. The van der Waals surface area contributed by atoms with Gasteiger partial charge in [-0.3, -0.25) is 13.9 Å². The Balaban J connectivity index is 1.86. The van der Waals surface area contributed by atoms with Crippen molar-refractivity contribution in [1.29, 1.82) is 0 Å². The zero-order chi connectivity index (χ0) is 21.3. The summed E-state index contributed by atoms with van der Waals surface area (Å²) in [6, 6.07) is 2.98. The minimum Gasteiger partial charge on any atom is -0.463 e. The second kappa shape index (κ2) is 8.13. The molecule has 158 valence electrons. The van der Waals surface area contributed by atoms with Crippen LogP contribution in [0.15, 0.2) is 30.7 Å². The zero-order valence-electron chi connectivity index (χ0n) is 16.8. The number of nitrogens with zero attached hydrogens (tertiary/aromatic N) is 4. The number of aromatic nitrogens is 4. The van der Waals surface area contributed by atoms with Crippen LogP contribution in [-0.4, -0.2) is 32.4 Å². The van der Waals surface area contributed by atoms with Crippen molar-refractivity contribution in [2.45, 2.75) is 52.1 Å². The first-order valence-electron chi connectivity index (χ1n) is 9.90. The largest absolute Gasteiger partial charge is 0.463 e. The van der Waals surface area contributed by atoms with Gasteiger partial charge in [0.25, 0.3) is 5.56 Å². The molecule has 1 aliphatic heterocycles. The van der Waals surface area contributed by atoms with Crippen molar-refractivity contribution in [3.8, 4) is 11.4 Å². The highest BCUT2D eigenvalue weighted by molar-refractivity contribution is 5.86. The molecule has 0 radical (unpaired) electrons. The number of hydrogen-bond acceptors (Lipinski definition) is 8. The van der Waals surface area contributed by atoms with Gasteiger partial charge < -0.3 is 13.7 Å². The van der Waals surface area contributed by atoms with E-state index in [-0.39, 0.29) is 29.5 Å². The van der Waals surface area contributed by atoms with E-state index in [1.54, 1.807) is 4.57 Å². The van der Waals surface area contributed by atoms with Crippen molar-refractivity contribution >= 4 is 5.97 Å². The number of rotatable bonds is 5. The van der Waals surface area contributed by atoms with Crippen LogP contribution in [-0.2, 0) is 30.7 Å². The number of ether oxygens (including phenoxy) is 1. The third-order valence-electron chi connectivity index (χ3n) is 5.19. The van der Waals surface area contributed by atoms with Gasteiger partial charge in [0.2, 0.25) is 17.5 Å². The summed E-state index contributed by atoms with van der Waals surface area (Å²) in [6.45, 7) is 2.26. The smallest absolute Gasteiger partial charge is 0.373 e. The first-order chi connectivity index (χ1) is 14.5. The highest BCUT2D eigenvalue weighted by Gasteiger charge is 2.25. The Morgan fingerprint density at radius 3 is 2.80 bits per heavy atom. The van der Waals surface area contributed by atoms with E-state index in [1.807, 2.05) is 6.92 Å². The molecule has 10 heteroatoms. The van der Waals surface area contributed by atoms with Crippen LogP contribution in [0, 0.1) is 0 Å².